The van der Waals surface area contributed by atoms with E-state index in [1.165, 1.54) is 24.3 Å². The Balaban J connectivity index is 1.86. The zero-order valence-electron chi connectivity index (χ0n) is 11.2. The van der Waals surface area contributed by atoms with Gasteiger partial charge in [-0.1, -0.05) is 18.2 Å². The number of phenolic OH excluding ortho intramolecular Hbond substituents is 1. The van der Waals surface area contributed by atoms with Gasteiger partial charge in [0, 0.05) is 12.1 Å². The van der Waals surface area contributed by atoms with E-state index in [9.17, 15) is 14.7 Å². The molecule has 0 saturated carbocycles. The third-order valence-corrected chi connectivity index (χ3v) is 3.01. The van der Waals surface area contributed by atoms with Crippen molar-refractivity contribution in [1.82, 2.24) is 5.32 Å². The number of hydrogen-bond acceptors (Lipinski definition) is 3. The van der Waals surface area contributed by atoms with Gasteiger partial charge in [0.25, 0.3) is 5.91 Å². The topological polar surface area (TPSA) is 86.6 Å². The normalized spacial score (nSPS) is 10.1. The number of carboxylic acids is 1. The zero-order valence-corrected chi connectivity index (χ0v) is 11.2. The molecule has 0 aliphatic heterocycles. The number of benzene rings is 2. The highest BCUT2D eigenvalue weighted by Crippen LogP contribution is 2.10. The van der Waals surface area contributed by atoms with Gasteiger partial charge in [-0.05, 0) is 42.3 Å². The molecular formula is C16H15NO4. The standard InChI is InChI=1S/C16H15NO4/c18-14-3-1-2-13(10-14)15(19)17-9-8-11-4-6-12(7-5-11)16(20)21/h1-7,10,18H,8-9H2,(H,17,19)(H,20,21). The first-order chi connectivity index (χ1) is 10.1. The minimum atomic E-state index is -0.960. The Hall–Kier alpha value is -2.82. The first-order valence-corrected chi connectivity index (χ1v) is 6.46. The van der Waals surface area contributed by atoms with Gasteiger partial charge in [0.2, 0.25) is 0 Å². The van der Waals surface area contributed by atoms with Crippen molar-refractivity contribution >= 4 is 11.9 Å². The lowest BCUT2D eigenvalue weighted by molar-refractivity contribution is 0.0696. The van der Waals surface area contributed by atoms with Crippen molar-refractivity contribution in [3.8, 4) is 5.75 Å². The lowest BCUT2D eigenvalue weighted by Crippen LogP contribution is -2.25. The quantitative estimate of drug-likeness (QED) is 0.784. The molecule has 0 bridgehead atoms. The first-order valence-electron chi connectivity index (χ1n) is 6.46. The van der Waals surface area contributed by atoms with Gasteiger partial charge in [-0.2, -0.15) is 0 Å². The van der Waals surface area contributed by atoms with E-state index in [0.717, 1.165) is 5.56 Å². The van der Waals surface area contributed by atoms with Gasteiger partial charge < -0.3 is 15.5 Å². The minimum Gasteiger partial charge on any atom is -0.508 e. The summed E-state index contributed by atoms with van der Waals surface area (Å²) in [7, 11) is 0. The van der Waals surface area contributed by atoms with E-state index < -0.39 is 5.97 Å². The maximum atomic E-state index is 11.8. The number of carbonyl (C=O) groups excluding carboxylic acids is 1. The molecule has 0 aromatic heterocycles. The maximum Gasteiger partial charge on any atom is 0.335 e. The second kappa shape index (κ2) is 6.56. The van der Waals surface area contributed by atoms with E-state index in [1.807, 2.05) is 0 Å². The zero-order chi connectivity index (χ0) is 15.2. The molecule has 2 aromatic rings. The van der Waals surface area contributed by atoms with Crippen LogP contribution in [0.4, 0.5) is 0 Å². The molecule has 21 heavy (non-hydrogen) atoms. The molecule has 0 aliphatic rings. The van der Waals surface area contributed by atoms with Gasteiger partial charge in [0.15, 0.2) is 0 Å². The van der Waals surface area contributed by atoms with Crippen LogP contribution in [0.1, 0.15) is 26.3 Å². The highest BCUT2D eigenvalue weighted by molar-refractivity contribution is 5.94. The number of rotatable bonds is 5. The summed E-state index contributed by atoms with van der Waals surface area (Å²) in [6.45, 7) is 0.431. The number of carboxylic acid groups (broad SMARTS) is 1. The monoisotopic (exact) mass is 285 g/mol. The van der Waals surface area contributed by atoms with Crippen molar-refractivity contribution in [3.63, 3.8) is 0 Å². The average molecular weight is 285 g/mol. The fraction of sp³-hybridized carbons (Fsp3) is 0.125. The summed E-state index contributed by atoms with van der Waals surface area (Å²) in [6, 6.07) is 12.7. The molecule has 108 valence electrons. The van der Waals surface area contributed by atoms with Crippen molar-refractivity contribution in [2.24, 2.45) is 0 Å². The Labute approximate surface area is 121 Å². The molecule has 0 heterocycles. The third-order valence-electron chi connectivity index (χ3n) is 3.01. The number of aromatic hydroxyl groups is 1. The predicted molar refractivity (Wildman–Crippen MR) is 77.5 cm³/mol. The smallest absolute Gasteiger partial charge is 0.335 e. The highest BCUT2D eigenvalue weighted by Gasteiger charge is 2.06. The molecule has 0 fully saturated rings. The Morgan fingerprint density at radius 3 is 2.33 bits per heavy atom. The van der Waals surface area contributed by atoms with Crippen LogP contribution in [0.15, 0.2) is 48.5 Å². The van der Waals surface area contributed by atoms with Crippen LogP contribution >= 0.6 is 0 Å². The molecule has 0 atom stereocenters. The molecule has 5 heteroatoms. The van der Waals surface area contributed by atoms with Gasteiger partial charge in [-0.15, -0.1) is 0 Å². The molecule has 0 saturated heterocycles. The van der Waals surface area contributed by atoms with Crippen molar-refractivity contribution in [1.29, 1.82) is 0 Å². The van der Waals surface area contributed by atoms with E-state index >= 15 is 0 Å². The molecule has 1 amide bonds. The van der Waals surface area contributed by atoms with Crippen LogP contribution in [0.2, 0.25) is 0 Å². The van der Waals surface area contributed by atoms with Crippen LogP contribution in [0.5, 0.6) is 5.75 Å². The summed E-state index contributed by atoms with van der Waals surface area (Å²) in [4.78, 5) is 22.6. The van der Waals surface area contributed by atoms with E-state index in [1.54, 1.807) is 24.3 Å². The van der Waals surface area contributed by atoms with Gasteiger partial charge in [-0.3, -0.25) is 4.79 Å². The van der Waals surface area contributed by atoms with Crippen LogP contribution < -0.4 is 5.32 Å². The molecule has 0 spiro atoms. The molecule has 0 unspecified atom stereocenters. The van der Waals surface area contributed by atoms with Crippen LogP contribution in [0.3, 0.4) is 0 Å². The molecule has 0 aliphatic carbocycles. The molecule has 5 nitrogen and oxygen atoms in total. The van der Waals surface area contributed by atoms with Gasteiger partial charge >= 0.3 is 5.97 Å². The molecule has 2 aromatic carbocycles. The number of phenols is 1. The Bertz CT molecular complexity index is 650. The fourth-order valence-corrected chi connectivity index (χ4v) is 1.88. The van der Waals surface area contributed by atoms with Crippen molar-refractivity contribution in [2.75, 3.05) is 6.54 Å². The minimum absolute atomic E-state index is 0.0481. The number of amides is 1. The largest absolute Gasteiger partial charge is 0.508 e. The number of hydrogen-bond donors (Lipinski definition) is 3. The number of aromatic carboxylic acids is 1. The third kappa shape index (κ3) is 4.07. The summed E-state index contributed by atoms with van der Waals surface area (Å²) >= 11 is 0. The summed E-state index contributed by atoms with van der Waals surface area (Å²) in [6.07, 6.45) is 0.602. The maximum absolute atomic E-state index is 11.8. The average Bonchev–Trinajstić information content (AvgIpc) is 2.47. The second-order valence-electron chi connectivity index (χ2n) is 4.56. The van der Waals surface area contributed by atoms with Crippen molar-refractivity contribution in [2.45, 2.75) is 6.42 Å². The van der Waals surface area contributed by atoms with Crippen molar-refractivity contribution in [3.05, 3.63) is 65.2 Å². The number of nitrogens with one attached hydrogen (secondary N) is 1. The van der Waals surface area contributed by atoms with Crippen molar-refractivity contribution < 1.29 is 19.8 Å². The molecule has 0 radical (unpaired) electrons. The number of carbonyl (C=O) groups is 2. The van der Waals surface area contributed by atoms with Gasteiger partial charge in [0.1, 0.15) is 5.75 Å². The van der Waals surface area contributed by atoms with Gasteiger partial charge in [0.05, 0.1) is 5.56 Å². The van der Waals surface area contributed by atoms with E-state index in [2.05, 4.69) is 5.32 Å². The lowest BCUT2D eigenvalue weighted by atomic mass is 10.1. The Morgan fingerprint density at radius 2 is 1.71 bits per heavy atom. The van der Waals surface area contributed by atoms with E-state index in [0.29, 0.717) is 18.5 Å². The fourth-order valence-electron chi connectivity index (χ4n) is 1.88. The summed E-state index contributed by atoms with van der Waals surface area (Å²) in [5.41, 5.74) is 1.58. The second-order valence-corrected chi connectivity index (χ2v) is 4.56. The molecule has 3 N–H and O–H groups in total. The summed E-state index contributed by atoms with van der Waals surface area (Å²) < 4.78 is 0. The van der Waals surface area contributed by atoms with Gasteiger partial charge in [-0.25, -0.2) is 4.79 Å². The lowest BCUT2D eigenvalue weighted by Gasteiger charge is -2.06. The first kappa shape index (κ1) is 14.6. The van der Waals surface area contributed by atoms with Crippen LogP contribution in [0.25, 0.3) is 0 Å². The van der Waals surface area contributed by atoms with Crippen LogP contribution in [0, 0.1) is 0 Å². The molecule has 2 rings (SSSR count). The van der Waals surface area contributed by atoms with E-state index in [-0.39, 0.29) is 17.2 Å². The van der Waals surface area contributed by atoms with Crippen LogP contribution in [-0.2, 0) is 6.42 Å². The van der Waals surface area contributed by atoms with E-state index in [4.69, 9.17) is 5.11 Å². The Kier molecular flexibility index (Phi) is 4.56. The predicted octanol–water partition coefficient (Wildman–Crippen LogP) is 2.06. The highest BCUT2D eigenvalue weighted by atomic mass is 16.4. The Morgan fingerprint density at radius 1 is 1.00 bits per heavy atom. The summed E-state index contributed by atoms with van der Waals surface area (Å²) in [5, 5.41) is 20.8. The van der Waals surface area contributed by atoms with Crippen LogP contribution in [-0.4, -0.2) is 28.6 Å². The SMILES string of the molecule is O=C(O)c1ccc(CCNC(=O)c2cccc(O)c2)cc1. The summed E-state index contributed by atoms with van der Waals surface area (Å²) in [5.74, 6) is -1.17. The molecular weight excluding hydrogens is 270 g/mol.